The maximum atomic E-state index is 14.0. The first-order valence-corrected chi connectivity index (χ1v) is 8.67. The second-order valence-electron chi connectivity index (χ2n) is 6.45. The van der Waals surface area contributed by atoms with Gasteiger partial charge in [0.15, 0.2) is 11.6 Å². The Bertz CT molecular complexity index is 503. The molecule has 2 fully saturated rings. The Morgan fingerprint density at radius 1 is 1.12 bits per heavy atom. The van der Waals surface area contributed by atoms with Crippen molar-refractivity contribution in [3.63, 3.8) is 0 Å². The summed E-state index contributed by atoms with van der Waals surface area (Å²) in [6, 6.07) is 3.01. The number of hydrogen-bond donors (Lipinski definition) is 2. The molecule has 0 aromatic heterocycles. The molecule has 1 aromatic rings. The molecule has 1 atom stereocenters. The van der Waals surface area contributed by atoms with Gasteiger partial charge < -0.3 is 10.4 Å². The number of phenolic OH excluding ortho intramolecular Hbond substituents is 1. The minimum Gasteiger partial charge on any atom is -0.505 e. The zero-order valence-electron chi connectivity index (χ0n) is 13.6. The number of nitrogens with one attached hydrogen (secondary N) is 1. The molecule has 1 aliphatic carbocycles. The van der Waals surface area contributed by atoms with Gasteiger partial charge in [-0.2, -0.15) is 0 Å². The molecule has 1 aliphatic heterocycles. The third kappa shape index (κ3) is 4.89. The molecular weight excluding hydrogens is 374 g/mol. The van der Waals surface area contributed by atoms with E-state index in [9.17, 15) is 9.50 Å². The van der Waals surface area contributed by atoms with Crippen molar-refractivity contribution in [1.82, 2.24) is 10.2 Å². The molecular formula is C17H26Cl3FN2O. The Balaban J connectivity index is 0.00000144. The van der Waals surface area contributed by atoms with Crippen LogP contribution in [0.5, 0.6) is 5.75 Å². The molecule has 0 radical (unpaired) electrons. The van der Waals surface area contributed by atoms with E-state index in [4.69, 9.17) is 11.6 Å². The summed E-state index contributed by atoms with van der Waals surface area (Å²) in [5.41, 5.74) is 0.666. The number of hydrogen-bond acceptors (Lipinski definition) is 3. The van der Waals surface area contributed by atoms with Gasteiger partial charge in [-0.05, 0) is 30.9 Å². The van der Waals surface area contributed by atoms with Crippen molar-refractivity contribution in [1.29, 1.82) is 0 Å². The molecule has 1 heterocycles. The largest absolute Gasteiger partial charge is 0.505 e. The lowest BCUT2D eigenvalue weighted by molar-refractivity contribution is 0.101. The van der Waals surface area contributed by atoms with Crippen LogP contribution in [-0.4, -0.2) is 36.2 Å². The molecule has 2 aliphatic rings. The number of phenols is 1. The van der Waals surface area contributed by atoms with Crippen LogP contribution in [0.15, 0.2) is 12.1 Å². The van der Waals surface area contributed by atoms with E-state index in [0.717, 1.165) is 39.0 Å². The van der Waals surface area contributed by atoms with Gasteiger partial charge >= 0.3 is 0 Å². The fourth-order valence-electron chi connectivity index (χ4n) is 3.97. The average molecular weight is 400 g/mol. The summed E-state index contributed by atoms with van der Waals surface area (Å²) in [6.07, 6.45) is 6.00. The van der Waals surface area contributed by atoms with Crippen molar-refractivity contribution in [2.75, 3.05) is 26.2 Å². The highest BCUT2D eigenvalue weighted by Gasteiger charge is 2.33. The molecule has 3 nitrogen and oxygen atoms in total. The van der Waals surface area contributed by atoms with Crippen LogP contribution < -0.4 is 5.32 Å². The second kappa shape index (κ2) is 10.0. The molecule has 24 heavy (non-hydrogen) atoms. The van der Waals surface area contributed by atoms with Crippen molar-refractivity contribution in [2.45, 2.75) is 38.1 Å². The van der Waals surface area contributed by atoms with Gasteiger partial charge in [0, 0.05) is 42.8 Å². The molecule has 138 valence electrons. The van der Waals surface area contributed by atoms with Crippen LogP contribution in [0, 0.1) is 11.7 Å². The lowest BCUT2D eigenvalue weighted by Crippen LogP contribution is -2.47. The fourth-order valence-corrected chi connectivity index (χ4v) is 4.18. The summed E-state index contributed by atoms with van der Waals surface area (Å²) < 4.78 is 14.0. The highest BCUT2D eigenvalue weighted by atomic mass is 35.5. The Morgan fingerprint density at radius 3 is 2.38 bits per heavy atom. The quantitative estimate of drug-likeness (QED) is 0.782. The molecule has 0 unspecified atom stereocenters. The minimum absolute atomic E-state index is 0. The van der Waals surface area contributed by atoms with Crippen molar-refractivity contribution in [3.8, 4) is 5.75 Å². The van der Waals surface area contributed by atoms with E-state index in [1.807, 2.05) is 0 Å². The molecule has 7 heteroatoms. The first-order chi connectivity index (χ1) is 10.7. The van der Waals surface area contributed by atoms with Crippen molar-refractivity contribution in [3.05, 3.63) is 28.5 Å². The van der Waals surface area contributed by atoms with Crippen LogP contribution in [-0.2, 0) is 0 Å². The molecule has 0 bridgehead atoms. The Labute approximate surface area is 160 Å². The summed E-state index contributed by atoms with van der Waals surface area (Å²) in [5, 5.41) is 14.0. The number of halogens is 4. The second-order valence-corrected chi connectivity index (χ2v) is 6.89. The van der Waals surface area contributed by atoms with E-state index in [1.54, 1.807) is 6.07 Å². The number of piperazine rings is 1. The zero-order chi connectivity index (χ0) is 15.5. The van der Waals surface area contributed by atoms with Crippen molar-refractivity contribution < 1.29 is 9.50 Å². The average Bonchev–Trinajstić information content (AvgIpc) is 2.54. The maximum Gasteiger partial charge on any atom is 0.166 e. The van der Waals surface area contributed by atoms with Crippen LogP contribution in [0.25, 0.3) is 0 Å². The van der Waals surface area contributed by atoms with E-state index < -0.39 is 5.82 Å². The van der Waals surface area contributed by atoms with E-state index in [0.29, 0.717) is 16.5 Å². The third-order valence-corrected chi connectivity index (χ3v) is 5.24. The smallest absolute Gasteiger partial charge is 0.166 e. The first kappa shape index (κ1) is 21.8. The van der Waals surface area contributed by atoms with Gasteiger partial charge in [0.1, 0.15) is 0 Å². The normalized spacial score (nSPS) is 20.8. The van der Waals surface area contributed by atoms with Crippen LogP contribution in [0.3, 0.4) is 0 Å². The molecule has 3 rings (SSSR count). The summed E-state index contributed by atoms with van der Waals surface area (Å²) in [6.45, 7) is 3.73. The molecule has 1 saturated carbocycles. The monoisotopic (exact) mass is 398 g/mol. The lowest BCUT2D eigenvalue weighted by atomic mass is 9.80. The van der Waals surface area contributed by atoms with Crippen LogP contribution in [0.4, 0.5) is 4.39 Å². The van der Waals surface area contributed by atoms with Crippen LogP contribution >= 0.6 is 36.4 Å². The van der Waals surface area contributed by atoms with Gasteiger partial charge in [-0.1, -0.05) is 30.9 Å². The highest BCUT2D eigenvalue weighted by Crippen LogP contribution is 2.43. The molecule has 2 N–H and O–H groups in total. The summed E-state index contributed by atoms with van der Waals surface area (Å²) in [5.74, 6) is -0.368. The number of aromatic hydroxyl groups is 1. The van der Waals surface area contributed by atoms with E-state index in [1.165, 1.54) is 25.3 Å². The topological polar surface area (TPSA) is 35.5 Å². The Morgan fingerprint density at radius 2 is 1.75 bits per heavy atom. The van der Waals surface area contributed by atoms with Crippen LogP contribution in [0.1, 0.15) is 43.7 Å². The maximum absolute atomic E-state index is 14.0. The predicted molar refractivity (Wildman–Crippen MR) is 101 cm³/mol. The number of rotatable bonds is 3. The molecule has 0 amide bonds. The van der Waals surface area contributed by atoms with E-state index >= 15 is 0 Å². The van der Waals surface area contributed by atoms with Crippen molar-refractivity contribution >= 4 is 36.4 Å². The van der Waals surface area contributed by atoms with Gasteiger partial charge in [-0.15, -0.1) is 24.8 Å². The van der Waals surface area contributed by atoms with Crippen molar-refractivity contribution in [2.24, 2.45) is 5.92 Å². The lowest BCUT2D eigenvalue weighted by Gasteiger charge is -2.41. The summed E-state index contributed by atoms with van der Waals surface area (Å²) >= 11 is 6.06. The zero-order valence-corrected chi connectivity index (χ0v) is 16.0. The highest BCUT2D eigenvalue weighted by molar-refractivity contribution is 6.30. The van der Waals surface area contributed by atoms with E-state index in [-0.39, 0.29) is 36.6 Å². The van der Waals surface area contributed by atoms with Gasteiger partial charge in [0.05, 0.1) is 0 Å². The SMILES string of the molecule is Cl.Cl.Oc1c(F)cc(Cl)cc1[C@H](C1CCCCC1)N1CCNCC1. The molecule has 1 aromatic carbocycles. The minimum atomic E-state index is -0.613. The summed E-state index contributed by atoms with van der Waals surface area (Å²) in [4.78, 5) is 2.39. The summed E-state index contributed by atoms with van der Waals surface area (Å²) in [7, 11) is 0. The Kier molecular flexibility index (Phi) is 9.10. The van der Waals surface area contributed by atoms with Gasteiger partial charge in [0.25, 0.3) is 0 Å². The van der Waals surface area contributed by atoms with Gasteiger partial charge in [-0.25, -0.2) is 4.39 Å². The Hall–Kier alpha value is -0.260. The van der Waals surface area contributed by atoms with Crippen LogP contribution in [0.2, 0.25) is 5.02 Å². The number of benzene rings is 1. The predicted octanol–water partition coefficient (Wildman–Crippen LogP) is 4.55. The standard InChI is InChI=1S/C17H24ClFN2O.2ClH/c18-13-10-14(17(22)15(19)11-13)16(12-4-2-1-3-5-12)21-8-6-20-7-9-21;;/h10-12,16,20,22H,1-9H2;2*1H/t16-;;/m0../s1. The third-order valence-electron chi connectivity index (χ3n) is 5.02. The van der Waals surface area contributed by atoms with E-state index in [2.05, 4.69) is 10.2 Å². The van der Waals surface area contributed by atoms with Gasteiger partial charge in [-0.3, -0.25) is 4.90 Å². The molecule has 1 saturated heterocycles. The number of nitrogens with zero attached hydrogens (tertiary/aromatic N) is 1. The molecule has 0 spiro atoms. The first-order valence-electron chi connectivity index (χ1n) is 8.29. The fraction of sp³-hybridized carbons (Fsp3) is 0.647. The van der Waals surface area contributed by atoms with Gasteiger partial charge in [0.2, 0.25) is 0 Å².